The minimum Gasteiger partial charge on any atom is -0.374 e. The van der Waals surface area contributed by atoms with Gasteiger partial charge in [0, 0.05) is 13.1 Å². The molecule has 0 spiro atoms. The van der Waals surface area contributed by atoms with Gasteiger partial charge in [0.15, 0.2) is 0 Å². The Morgan fingerprint density at radius 2 is 2.29 bits per heavy atom. The van der Waals surface area contributed by atoms with E-state index in [1.807, 2.05) is 0 Å². The van der Waals surface area contributed by atoms with Crippen molar-refractivity contribution in [3.8, 4) is 0 Å². The predicted molar refractivity (Wildman–Crippen MR) is 66.1 cm³/mol. The van der Waals surface area contributed by atoms with Gasteiger partial charge in [-0.1, -0.05) is 24.7 Å². The van der Waals surface area contributed by atoms with Crippen LogP contribution < -0.4 is 5.73 Å². The number of nitrogen functional groups attached to an aromatic ring is 1. The fraction of sp³-hybridized carbons (Fsp3) is 0.778. The Hall–Kier alpha value is -0.730. The van der Waals surface area contributed by atoms with E-state index in [0.29, 0.717) is 19.0 Å². The maximum Gasteiger partial charge on any atom is 0.272 e. The van der Waals surface area contributed by atoms with Gasteiger partial charge in [0.05, 0.1) is 0 Å². The lowest BCUT2D eigenvalue weighted by Crippen LogP contribution is -2.28. The van der Waals surface area contributed by atoms with Crippen LogP contribution in [0.4, 0.5) is 5.13 Å². The first-order chi connectivity index (χ1) is 8.04. The third-order valence-electron chi connectivity index (χ3n) is 2.93. The zero-order chi connectivity index (χ0) is 12.5. The third-order valence-corrected chi connectivity index (χ3v) is 5.89. The van der Waals surface area contributed by atoms with Crippen molar-refractivity contribution < 1.29 is 8.42 Å². The minimum absolute atomic E-state index is 0.00662. The summed E-state index contributed by atoms with van der Waals surface area (Å²) in [6, 6.07) is 0. The summed E-state index contributed by atoms with van der Waals surface area (Å²) in [5, 5.41) is 7.35. The Labute approximate surface area is 105 Å². The van der Waals surface area contributed by atoms with Crippen LogP contribution in [0.5, 0.6) is 0 Å². The van der Waals surface area contributed by atoms with Crippen LogP contribution in [0.1, 0.15) is 26.2 Å². The molecule has 0 bridgehead atoms. The number of hydrogen-bond donors (Lipinski definition) is 1. The molecule has 1 aromatic rings. The molecular formula is C9H16N4O2S2. The summed E-state index contributed by atoms with van der Waals surface area (Å²) in [7, 11) is -3.47. The number of aromatic nitrogens is 2. The maximum atomic E-state index is 12.2. The van der Waals surface area contributed by atoms with E-state index in [-0.39, 0.29) is 9.47 Å². The van der Waals surface area contributed by atoms with Gasteiger partial charge in [0.1, 0.15) is 0 Å². The molecule has 1 aromatic heterocycles. The molecule has 0 aromatic carbocycles. The average molecular weight is 276 g/mol. The van der Waals surface area contributed by atoms with Gasteiger partial charge < -0.3 is 5.73 Å². The molecule has 6 nitrogen and oxygen atoms in total. The Morgan fingerprint density at radius 1 is 1.53 bits per heavy atom. The van der Waals surface area contributed by atoms with E-state index >= 15 is 0 Å². The van der Waals surface area contributed by atoms with Crippen LogP contribution >= 0.6 is 11.3 Å². The molecule has 1 atom stereocenters. The summed E-state index contributed by atoms with van der Waals surface area (Å²) in [5.74, 6) is 0.472. The van der Waals surface area contributed by atoms with Crippen molar-refractivity contribution in [2.24, 2.45) is 5.92 Å². The first-order valence-corrected chi connectivity index (χ1v) is 7.89. The van der Waals surface area contributed by atoms with Crippen LogP contribution in [0.15, 0.2) is 4.34 Å². The summed E-state index contributed by atoms with van der Waals surface area (Å²) >= 11 is 0.922. The number of rotatable bonds is 4. The second-order valence-electron chi connectivity index (χ2n) is 4.21. The van der Waals surface area contributed by atoms with Crippen molar-refractivity contribution in [2.75, 3.05) is 18.8 Å². The highest BCUT2D eigenvalue weighted by Crippen LogP contribution is 2.28. The number of nitrogens with two attached hydrogens (primary N) is 1. The molecule has 2 heterocycles. The summed E-state index contributed by atoms with van der Waals surface area (Å²) in [6.45, 7) is 3.28. The fourth-order valence-electron chi connectivity index (χ4n) is 2.09. The second-order valence-corrected chi connectivity index (χ2v) is 7.33. The first kappa shape index (κ1) is 12.7. The molecule has 1 aliphatic rings. The molecule has 1 unspecified atom stereocenters. The molecule has 0 amide bonds. The minimum atomic E-state index is -3.47. The highest BCUT2D eigenvalue weighted by Gasteiger charge is 2.34. The molecule has 2 N–H and O–H groups in total. The number of anilines is 1. The Balaban J connectivity index is 2.13. The largest absolute Gasteiger partial charge is 0.374 e. The van der Waals surface area contributed by atoms with Gasteiger partial charge in [-0.15, -0.1) is 10.2 Å². The quantitative estimate of drug-likeness (QED) is 0.883. The lowest BCUT2D eigenvalue weighted by atomic mass is 10.0. The van der Waals surface area contributed by atoms with Gasteiger partial charge in [-0.2, -0.15) is 4.31 Å². The zero-order valence-electron chi connectivity index (χ0n) is 9.66. The monoisotopic (exact) mass is 276 g/mol. The normalized spacial score (nSPS) is 22.1. The van der Waals surface area contributed by atoms with Gasteiger partial charge in [-0.25, -0.2) is 8.42 Å². The molecule has 0 saturated carbocycles. The third kappa shape index (κ3) is 2.58. The molecule has 8 heteroatoms. The van der Waals surface area contributed by atoms with E-state index in [4.69, 9.17) is 5.73 Å². The molecular weight excluding hydrogens is 260 g/mol. The van der Waals surface area contributed by atoms with Gasteiger partial charge in [-0.05, 0) is 18.8 Å². The maximum absolute atomic E-state index is 12.2. The van der Waals surface area contributed by atoms with Gasteiger partial charge in [-0.3, -0.25) is 0 Å². The second kappa shape index (κ2) is 4.87. The highest BCUT2D eigenvalue weighted by molar-refractivity contribution is 7.91. The molecule has 1 aliphatic heterocycles. The molecule has 1 fully saturated rings. The van der Waals surface area contributed by atoms with Crippen LogP contribution in [0.25, 0.3) is 0 Å². The average Bonchev–Trinajstić information content (AvgIpc) is 2.88. The predicted octanol–water partition coefficient (Wildman–Crippen LogP) is 0.931. The van der Waals surface area contributed by atoms with E-state index in [2.05, 4.69) is 17.1 Å². The Kier molecular flexibility index (Phi) is 3.64. The van der Waals surface area contributed by atoms with E-state index in [9.17, 15) is 8.42 Å². The van der Waals surface area contributed by atoms with Gasteiger partial charge >= 0.3 is 0 Å². The summed E-state index contributed by atoms with van der Waals surface area (Å²) in [4.78, 5) is 0. The van der Waals surface area contributed by atoms with Crippen LogP contribution in [0.2, 0.25) is 0 Å². The SMILES string of the molecule is CCCC1CCN(S(=O)(=O)c2nnc(N)s2)C1. The van der Waals surface area contributed by atoms with Gasteiger partial charge in [0.25, 0.3) is 10.0 Å². The molecule has 17 heavy (non-hydrogen) atoms. The number of nitrogens with zero attached hydrogens (tertiary/aromatic N) is 3. The van der Waals surface area contributed by atoms with E-state index in [1.54, 1.807) is 0 Å². The van der Waals surface area contributed by atoms with Crippen molar-refractivity contribution in [3.63, 3.8) is 0 Å². The smallest absolute Gasteiger partial charge is 0.272 e. The zero-order valence-corrected chi connectivity index (χ0v) is 11.3. The van der Waals surface area contributed by atoms with Crippen molar-refractivity contribution >= 4 is 26.5 Å². The van der Waals surface area contributed by atoms with Crippen LogP contribution in [-0.4, -0.2) is 36.0 Å². The molecule has 96 valence electrons. The summed E-state index contributed by atoms with van der Waals surface area (Å²) < 4.78 is 25.9. The van der Waals surface area contributed by atoms with Crippen molar-refractivity contribution in [1.29, 1.82) is 0 Å². The molecule has 0 radical (unpaired) electrons. The number of hydrogen-bond acceptors (Lipinski definition) is 6. The van der Waals surface area contributed by atoms with E-state index in [1.165, 1.54) is 4.31 Å². The summed E-state index contributed by atoms with van der Waals surface area (Å²) in [5.41, 5.74) is 5.41. The lowest BCUT2D eigenvalue weighted by Gasteiger charge is -2.13. The van der Waals surface area contributed by atoms with Gasteiger partial charge in [0.2, 0.25) is 9.47 Å². The molecule has 0 aliphatic carbocycles. The topological polar surface area (TPSA) is 89.2 Å². The first-order valence-electron chi connectivity index (χ1n) is 5.63. The van der Waals surface area contributed by atoms with Crippen LogP contribution in [0.3, 0.4) is 0 Å². The lowest BCUT2D eigenvalue weighted by molar-refractivity contribution is 0.444. The Bertz CT molecular complexity index is 485. The van der Waals surface area contributed by atoms with Crippen molar-refractivity contribution in [1.82, 2.24) is 14.5 Å². The van der Waals surface area contributed by atoms with Crippen LogP contribution in [0, 0.1) is 5.92 Å². The molecule has 2 rings (SSSR count). The van der Waals surface area contributed by atoms with Crippen molar-refractivity contribution in [3.05, 3.63) is 0 Å². The standard InChI is InChI=1S/C9H16N4O2S2/c1-2-3-7-4-5-13(6-7)17(14,15)9-12-11-8(10)16-9/h7H,2-6H2,1H3,(H2,10,11). The number of sulfonamides is 1. The highest BCUT2D eigenvalue weighted by atomic mass is 32.2. The van der Waals surface area contributed by atoms with Crippen molar-refractivity contribution in [2.45, 2.75) is 30.5 Å². The Morgan fingerprint density at radius 3 is 2.88 bits per heavy atom. The molecule has 1 saturated heterocycles. The summed E-state index contributed by atoms with van der Waals surface area (Å²) in [6.07, 6.45) is 3.09. The fourth-order valence-corrected chi connectivity index (χ4v) is 4.55. The van der Waals surface area contributed by atoms with Crippen LogP contribution in [-0.2, 0) is 10.0 Å². The van der Waals surface area contributed by atoms with E-state index < -0.39 is 10.0 Å². The van der Waals surface area contributed by atoms with E-state index in [0.717, 1.165) is 30.6 Å².